The summed E-state index contributed by atoms with van der Waals surface area (Å²) in [6.45, 7) is 6.64. The third-order valence-corrected chi connectivity index (χ3v) is 3.66. The maximum absolute atomic E-state index is 5.68. The van der Waals surface area contributed by atoms with E-state index >= 15 is 0 Å². The monoisotopic (exact) mass is 290 g/mol. The number of fused-ring (bicyclic) bond motifs is 1. The molecule has 0 bridgehead atoms. The molecule has 1 atom stereocenters. The van der Waals surface area contributed by atoms with Gasteiger partial charge in [0.05, 0.1) is 11.0 Å². The lowest BCUT2D eigenvalue weighted by Gasteiger charge is -2.16. The van der Waals surface area contributed by atoms with Gasteiger partial charge in [0.25, 0.3) is 0 Å². The van der Waals surface area contributed by atoms with E-state index in [0.29, 0.717) is 0 Å². The second-order valence-electron chi connectivity index (χ2n) is 5.22. The van der Waals surface area contributed by atoms with E-state index in [0.717, 1.165) is 50.4 Å². The number of rotatable bonds is 9. The Morgan fingerprint density at radius 3 is 2.86 bits per heavy atom. The Balaban J connectivity index is 2.17. The maximum Gasteiger partial charge on any atom is 0.111 e. The van der Waals surface area contributed by atoms with Gasteiger partial charge in [-0.05, 0) is 31.9 Å². The lowest BCUT2D eigenvalue weighted by Crippen LogP contribution is -2.38. The maximum atomic E-state index is 5.68. The lowest BCUT2D eigenvalue weighted by atomic mass is 10.1. The Hall–Kier alpha value is -1.43. The van der Waals surface area contributed by atoms with E-state index < -0.39 is 0 Å². The zero-order valence-corrected chi connectivity index (χ0v) is 13.0. The number of hydrazine groups is 1. The van der Waals surface area contributed by atoms with Crippen molar-refractivity contribution in [1.82, 2.24) is 15.0 Å². The SMILES string of the molecule is CCCn1c(CC(CCOCC)NN)nc2ccccc21. The summed E-state index contributed by atoms with van der Waals surface area (Å²) in [7, 11) is 0. The van der Waals surface area contributed by atoms with E-state index in [2.05, 4.69) is 35.1 Å². The van der Waals surface area contributed by atoms with E-state index in [1.165, 1.54) is 5.52 Å². The minimum atomic E-state index is 0.184. The molecule has 5 heteroatoms. The van der Waals surface area contributed by atoms with Gasteiger partial charge in [-0.15, -0.1) is 0 Å². The number of benzene rings is 1. The van der Waals surface area contributed by atoms with Crippen LogP contribution in [0.1, 0.15) is 32.5 Å². The largest absolute Gasteiger partial charge is 0.382 e. The fourth-order valence-electron chi connectivity index (χ4n) is 2.59. The van der Waals surface area contributed by atoms with E-state index in [1.54, 1.807) is 0 Å². The highest BCUT2D eigenvalue weighted by atomic mass is 16.5. The van der Waals surface area contributed by atoms with Crippen molar-refractivity contribution in [3.05, 3.63) is 30.1 Å². The van der Waals surface area contributed by atoms with Gasteiger partial charge in [0.15, 0.2) is 0 Å². The standard InChI is InChI=1S/C16H26N4O/c1-3-10-20-15-8-6-5-7-14(15)18-16(20)12-13(19-17)9-11-21-4-2/h5-8,13,19H,3-4,9-12,17H2,1-2H3. The van der Waals surface area contributed by atoms with Crippen molar-refractivity contribution < 1.29 is 4.74 Å². The van der Waals surface area contributed by atoms with Crippen molar-refractivity contribution in [2.24, 2.45) is 5.84 Å². The molecule has 1 aromatic carbocycles. The molecule has 0 aliphatic heterocycles. The Morgan fingerprint density at radius 1 is 1.33 bits per heavy atom. The molecule has 0 saturated carbocycles. The predicted molar refractivity (Wildman–Crippen MR) is 85.9 cm³/mol. The van der Waals surface area contributed by atoms with Crippen LogP contribution < -0.4 is 11.3 Å². The van der Waals surface area contributed by atoms with Crippen LogP contribution in [0.3, 0.4) is 0 Å². The number of nitrogens with zero attached hydrogens (tertiary/aromatic N) is 2. The molecule has 1 aromatic heterocycles. The van der Waals surface area contributed by atoms with Crippen LogP contribution in [0.5, 0.6) is 0 Å². The molecule has 0 amide bonds. The van der Waals surface area contributed by atoms with Crippen molar-refractivity contribution in [3.8, 4) is 0 Å². The van der Waals surface area contributed by atoms with E-state index in [9.17, 15) is 0 Å². The number of imidazole rings is 1. The molecular formula is C16H26N4O. The first kappa shape index (κ1) is 15.9. The van der Waals surface area contributed by atoms with E-state index in [4.69, 9.17) is 15.6 Å². The van der Waals surface area contributed by atoms with E-state index in [-0.39, 0.29) is 6.04 Å². The highest BCUT2D eigenvalue weighted by Crippen LogP contribution is 2.18. The smallest absolute Gasteiger partial charge is 0.111 e. The Bertz CT molecular complexity index is 552. The van der Waals surface area contributed by atoms with Crippen LogP contribution in [-0.4, -0.2) is 28.8 Å². The van der Waals surface area contributed by atoms with Crippen LogP contribution in [-0.2, 0) is 17.7 Å². The number of ether oxygens (including phenoxy) is 1. The third-order valence-electron chi connectivity index (χ3n) is 3.66. The van der Waals surface area contributed by atoms with Crippen molar-refractivity contribution >= 4 is 11.0 Å². The van der Waals surface area contributed by atoms with Gasteiger partial charge < -0.3 is 9.30 Å². The first-order valence-corrected chi connectivity index (χ1v) is 7.78. The van der Waals surface area contributed by atoms with Gasteiger partial charge in [0.1, 0.15) is 5.82 Å². The summed E-state index contributed by atoms with van der Waals surface area (Å²) in [6.07, 6.45) is 2.80. The lowest BCUT2D eigenvalue weighted by molar-refractivity contribution is 0.136. The van der Waals surface area contributed by atoms with Gasteiger partial charge in [0.2, 0.25) is 0 Å². The number of aromatic nitrogens is 2. The van der Waals surface area contributed by atoms with Gasteiger partial charge in [0, 0.05) is 32.2 Å². The average molecular weight is 290 g/mol. The second kappa shape index (κ2) is 8.12. The van der Waals surface area contributed by atoms with E-state index in [1.807, 2.05) is 13.0 Å². The van der Waals surface area contributed by atoms with Gasteiger partial charge in [-0.25, -0.2) is 4.98 Å². The van der Waals surface area contributed by atoms with Crippen LogP contribution >= 0.6 is 0 Å². The Kier molecular flexibility index (Phi) is 6.17. The normalized spacial score (nSPS) is 12.9. The van der Waals surface area contributed by atoms with Crippen LogP contribution in [0.4, 0.5) is 0 Å². The topological polar surface area (TPSA) is 65.1 Å². The van der Waals surface area contributed by atoms with Crippen LogP contribution in [0.15, 0.2) is 24.3 Å². The van der Waals surface area contributed by atoms with Crippen LogP contribution in [0.2, 0.25) is 0 Å². The molecule has 0 spiro atoms. The second-order valence-corrected chi connectivity index (χ2v) is 5.22. The number of aryl methyl sites for hydroxylation is 1. The molecule has 2 rings (SSSR count). The number of hydrogen-bond acceptors (Lipinski definition) is 4. The summed E-state index contributed by atoms with van der Waals surface area (Å²) in [4.78, 5) is 4.77. The van der Waals surface area contributed by atoms with Crippen molar-refractivity contribution in [2.45, 2.75) is 45.7 Å². The number of nitrogens with two attached hydrogens (primary N) is 1. The van der Waals surface area contributed by atoms with Crippen LogP contribution in [0, 0.1) is 0 Å². The average Bonchev–Trinajstić information content (AvgIpc) is 2.85. The molecule has 5 nitrogen and oxygen atoms in total. The molecule has 0 fully saturated rings. The molecule has 0 aliphatic rings. The molecule has 21 heavy (non-hydrogen) atoms. The van der Waals surface area contributed by atoms with Crippen molar-refractivity contribution in [2.75, 3.05) is 13.2 Å². The van der Waals surface area contributed by atoms with Gasteiger partial charge in [-0.2, -0.15) is 0 Å². The molecule has 0 radical (unpaired) electrons. The zero-order chi connectivity index (χ0) is 15.1. The summed E-state index contributed by atoms with van der Waals surface area (Å²) in [5.74, 6) is 6.77. The minimum Gasteiger partial charge on any atom is -0.382 e. The highest BCUT2D eigenvalue weighted by molar-refractivity contribution is 5.75. The number of nitrogens with one attached hydrogen (secondary N) is 1. The number of hydrogen-bond donors (Lipinski definition) is 2. The Labute approximate surface area is 126 Å². The molecule has 2 aromatic rings. The highest BCUT2D eigenvalue weighted by Gasteiger charge is 2.15. The molecule has 1 heterocycles. The van der Waals surface area contributed by atoms with Gasteiger partial charge in [-0.1, -0.05) is 19.1 Å². The summed E-state index contributed by atoms with van der Waals surface area (Å²) >= 11 is 0. The fourth-order valence-corrected chi connectivity index (χ4v) is 2.59. The van der Waals surface area contributed by atoms with Gasteiger partial charge in [-0.3, -0.25) is 11.3 Å². The van der Waals surface area contributed by atoms with Crippen LogP contribution in [0.25, 0.3) is 11.0 Å². The van der Waals surface area contributed by atoms with Gasteiger partial charge >= 0.3 is 0 Å². The minimum absolute atomic E-state index is 0.184. The molecule has 1 unspecified atom stereocenters. The first-order chi connectivity index (χ1) is 10.3. The summed E-state index contributed by atoms with van der Waals surface area (Å²) < 4.78 is 7.72. The quantitative estimate of drug-likeness (QED) is 0.422. The van der Waals surface area contributed by atoms with Crippen molar-refractivity contribution in [1.29, 1.82) is 0 Å². The fraction of sp³-hybridized carbons (Fsp3) is 0.562. The predicted octanol–water partition coefficient (Wildman–Crippen LogP) is 2.25. The molecule has 0 saturated heterocycles. The molecule has 0 aliphatic carbocycles. The molecule has 116 valence electrons. The van der Waals surface area contributed by atoms with Crippen molar-refractivity contribution in [3.63, 3.8) is 0 Å². The Morgan fingerprint density at radius 2 is 2.14 bits per heavy atom. The summed E-state index contributed by atoms with van der Waals surface area (Å²) in [5, 5.41) is 0. The first-order valence-electron chi connectivity index (χ1n) is 7.78. The zero-order valence-electron chi connectivity index (χ0n) is 13.0. The number of para-hydroxylation sites is 2. The molecular weight excluding hydrogens is 264 g/mol. The third kappa shape index (κ3) is 4.03. The summed E-state index contributed by atoms with van der Waals surface area (Å²) in [5.41, 5.74) is 5.15. The summed E-state index contributed by atoms with van der Waals surface area (Å²) in [6, 6.07) is 8.48. The molecule has 3 N–H and O–H groups in total.